The molecule has 0 saturated heterocycles. The van der Waals surface area contributed by atoms with Crippen LogP contribution in [-0.4, -0.2) is 211 Å². The van der Waals surface area contributed by atoms with Gasteiger partial charge in [-0.1, -0.05) is 93.8 Å². The molecule has 0 aliphatic heterocycles. The minimum atomic E-state index is -2.24. The molecule has 0 aromatic rings. The maximum Gasteiger partial charge on any atom is 1.00 e. The van der Waals surface area contributed by atoms with Gasteiger partial charge in [-0.25, -0.2) is 24.0 Å². The van der Waals surface area contributed by atoms with Gasteiger partial charge >= 0.3 is 174 Å². The number of methoxy groups -OCH3 is 2. The summed E-state index contributed by atoms with van der Waals surface area (Å²) in [7, 11) is 0.547. The fraction of sp³-hybridized carbons (Fsp3) is 0.661. The molecule has 0 rings (SSSR count). The number of alkyl halides is 1. The van der Waals surface area contributed by atoms with Crippen molar-refractivity contribution in [1.82, 2.24) is 0 Å². The zero-order chi connectivity index (χ0) is 76.7. The van der Waals surface area contributed by atoms with E-state index in [4.69, 9.17) is 54.6 Å². The number of aldehydes is 2. The Morgan fingerprint density at radius 2 is 0.719 bits per heavy atom. The van der Waals surface area contributed by atoms with E-state index in [1.165, 1.54) is 65.2 Å². The number of carbonyl (C=O) groups is 11. The molecule has 0 aliphatic rings. The maximum absolute atomic E-state index is 11.7. The van der Waals surface area contributed by atoms with Crippen molar-refractivity contribution in [3.05, 3.63) is 59.8 Å². The Labute approximate surface area is 710 Å². The van der Waals surface area contributed by atoms with E-state index in [0.717, 1.165) is 56.0 Å². The molecule has 0 saturated carbocycles. The summed E-state index contributed by atoms with van der Waals surface area (Å²) in [5.74, 6) is -3.08. The van der Waals surface area contributed by atoms with Crippen LogP contribution in [0.3, 0.4) is 0 Å². The van der Waals surface area contributed by atoms with Crippen LogP contribution in [-0.2, 0) is 95.2 Å². The predicted molar refractivity (Wildman–Crippen MR) is 387 cm³/mol. The van der Waals surface area contributed by atoms with E-state index >= 15 is 0 Å². The van der Waals surface area contributed by atoms with Gasteiger partial charge in [-0.3, -0.25) is 14.4 Å². The molecule has 0 aromatic heterocycles. The molecular formula is C62H129BBr2K2NaO26P2. The smallest absolute Gasteiger partial charge is 1.00 e. The van der Waals surface area contributed by atoms with Crippen LogP contribution in [0.2, 0.25) is 0 Å². The molecule has 5 N–H and O–H groups in total. The first-order valence-corrected chi connectivity index (χ1v) is 34.2. The summed E-state index contributed by atoms with van der Waals surface area (Å²) >= 11 is 3.15. The fourth-order valence-corrected chi connectivity index (χ4v) is 6.03. The molecular weight excluding hydrogens is 1490 g/mol. The van der Waals surface area contributed by atoms with Crippen molar-refractivity contribution in [1.29, 1.82) is 0 Å². The summed E-state index contributed by atoms with van der Waals surface area (Å²) in [4.78, 5) is 111. The third-order valence-corrected chi connectivity index (χ3v) is 12.9. The Kier molecular flexibility index (Phi) is 257. The molecule has 0 unspecified atom stereocenters. The molecule has 0 spiro atoms. The number of rotatable bonds is 19. The zero-order valence-electron chi connectivity index (χ0n) is 66.6. The summed E-state index contributed by atoms with van der Waals surface area (Å²) in [5, 5.41) is 46.9. The second kappa shape index (κ2) is 157. The Balaban J connectivity index is -0.0000000276. The van der Waals surface area contributed by atoms with Crippen LogP contribution in [0, 0.1) is 0 Å². The number of ether oxygens (including phenoxy) is 6. The first kappa shape index (κ1) is 158. The third kappa shape index (κ3) is 270. The van der Waals surface area contributed by atoms with Crippen molar-refractivity contribution < 1.29 is 261 Å². The molecule has 96 heavy (non-hydrogen) atoms. The maximum atomic E-state index is 11.7. The first-order chi connectivity index (χ1) is 42.5. The average molecular weight is 1620 g/mol. The predicted octanol–water partition coefficient (Wildman–Crippen LogP) is 2.14. The number of carboxylic acid groups (broad SMARTS) is 2. The second-order valence-electron chi connectivity index (χ2n) is 14.7. The van der Waals surface area contributed by atoms with Crippen molar-refractivity contribution in [3.63, 3.8) is 0 Å². The van der Waals surface area contributed by atoms with Crippen molar-refractivity contribution in [2.75, 3.05) is 110 Å². The number of carbonyl (C=O) groups excluding carboxylic acids is 9. The topological polar surface area (TPSA) is 411 Å². The van der Waals surface area contributed by atoms with Gasteiger partial charge in [-0.2, -0.15) is 0 Å². The van der Waals surface area contributed by atoms with Crippen LogP contribution < -0.4 is 138 Å². The van der Waals surface area contributed by atoms with Crippen molar-refractivity contribution in [2.45, 2.75) is 166 Å². The van der Waals surface area contributed by atoms with E-state index in [9.17, 15) is 47.5 Å². The first-order valence-electron chi connectivity index (χ1n) is 28.6. The Bertz CT molecular complexity index is 1790. The van der Waals surface area contributed by atoms with Crippen LogP contribution in [0.5, 0.6) is 0 Å². The quantitative estimate of drug-likeness (QED) is 0.0142. The number of aliphatic hydroxyl groups excluding tert-OH is 3. The number of halogens is 2. The van der Waals surface area contributed by atoms with Crippen LogP contribution in [0.4, 0.5) is 0 Å². The van der Waals surface area contributed by atoms with Crippen LogP contribution in [0.25, 0.3) is 0 Å². The van der Waals surface area contributed by atoms with Gasteiger partial charge in [0.05, 0.1) is 60.1 Å². The van der Waals surface area contributed by atoms with Crippen LogP contribution in [0.1, 0.15) is 169 Å². The van der Waals surface area contributed by atoms with Gasteiger partial charge < -0.3 is 90.5 Å². The monoisotopic (exact) mass is 1620 g/mol. The average Bonchev–Trinajstić information content (AvgIpc) is 3.48. The molecule has 3 radical (unpaired) electrons. The Morgan fingerprint density at radius 1 is 0.500 bits per heavy atom. The van der Waals surface area contributed by atoms with E-state index in [2.05, 4.69) is 39.8 Å². The Hall–Kier alpha value is -0.972. The van der Waals surface area contributed by atoms with E-state index in [0.29, 0.717) is 51.1 Å². The number of allylic oxidation sites excluding steroid dienone is 5. The van der Waals surface area contributed by atoms with Crippen molar-refractivity contribution in [3.8, 4) is 0 Å². The van der Waals surface area contributed by atoms with Crippen molar-refractivity contribution >= 4 is 122 Å². The minimum absolute atomic E-state index is 0. The summed E-state index contributed by atoms with van der Waals surface area (Å²) in [5.41, 5.74) is 1.78. The van der Waals surface area contributed by atoms with E-state index < -0.39 is 26.2 Å². The SMILES string of the molecule is Br.C/C=C/C(=O)O.C/C=C/C(=O)OC.C/C=C/C(=O)OCC.CC.CC(C)=CC(=O)O.CC(C)=O.CC=O.CC=O.CCBr.CCO.CCOC.CCOC(=O)C=C(C)C.CCOC(=O)CP(=O)(CC)CC.CCOC(=O)CP(=O)(CC)CC.CO.CO.O=CO[O-].[B].[H-].[H-].[K+].[K+].[Na+]. The summed E-state index contributed by atoms with van der Waals surface area (Å²) in [6, 6.07) is 0. The number of ketones is 1. The number of aliphatic hydroxyl groups is 3. The standard InChI is InChI=1S/2C8H17O3P.C7H12O2.C6H10O2.2C5H8O2.C4H6O2.C3H8O.C3H6O.C2H5Br.C2H6O.2C2H4O.C2H6.CH2O3.2CH4O.B.BrH.2K.Na.2H/c2*1-4-11-8(9)7-12(10,5-2)6-3;1-4-9-7(8)5-6(2)3;1-3-5-6(7)8-4-2;1-4(2)3-5(6)7;1-3-4-5(6)7-2;1-2-3-4(5)6;1-3-4-2;1-3(2)4;4*1-2-3;1-2;2-1-4-3;2*1-2;;;;;;;/h2*4-7H2,1-3H3;5H,4H2,1-3H3;3,5H,4H2,1-2H3;3H,1-2H3,(H,6,7);3-4H,1-2H3;2-3H,1H3,(H,5,6);3H2,1-2H3;1-2H3;2H2,1H3;3H,2H2,1H3;2*2H,1H3;1-2H3;1,3H;2*2H,1H3;;1H;;;;;/q;;;;;;;;;;;;;;;;;;;3*+1;2*-1/p-1/b;;;5-3+;;4-3+;3-2+;;;;;;;;;;;;;;;;;. The molecule has 0 bridgehead atoms. The van der Waals surface area contributed by atoms with Gasteiger partial charge in [-0.15, -0.1) is 17.0 Å². The van der Waals surface area contributed by atoms with E-state index in [1.807, 2.05) is 69.2 Å². The summed E-state index contributed by atoms with van der Waals surface area (Å²) < 4.78 is 50.9. The molecule has 0 fully saturated rings. The van der Waals surface area contributed by atoms with Crippen LogP contribution >= 0.6 is 47.2 Å². The molecule has 0 aromatic carbocycles. The molecule has 0 atom stereocenters. The van der Waals surface area contributed by atoms with E-state index in [1.54, 1.807) is 88.5 Å². The Morgan fingerprint density at radius 3 is 0.833 bits per heavy atom. The number of hydrogen-bond acceptors (Lipinski definition) is 24. The largest absolute Gasteiger partial charge is 1.00 e. The third-order valence-electron chi connectivity index (χ3n) is 6.59. The molecule has 0 amide bonds. The minimum Gasteiger partial charge on any atom is -1.00 e. The summed E-state index contributed by atoms with van der Waals surface area (Å²) in [6.45, 7) is 45.0. The van der Waals surface area contributed by atoms with Gasteiger partial charge in [0.15, 0.2) is 0 Å². The van der Waals surface area contributed by atoms with Crippen LogP contribution in [0.15, 0.2) is 59.8 Å². The number of Topliss-reactive ketones (excluding diaryl/α,β-unsaturated/α-hetero) is 1. The molecule has 0 aliphatic carbocycles. The van der Waals surface area contributed by atoms with E-state index in [-0.39, 0.29) is 222 Å². The zero-order valence-corrected chi connectivity index (χ0v) is 77.9. The number of carboxylic acids is 2. The molecule has 563 valence electrons. The molecule has 26 nitrogen and oxygen atoms in total. The van der Waals surface area contributed by atoms with Crippen molar-refractivity contribution in [2.24, 2.45) is 0 Å². The van der Waals surface area contributed by atoms with Gasteiger partial charge in [0, 0.05) is 78.7 Å². The van der Waals surface area contributed by atoms with Gasteiger partial charge in [0.25, 0.3) is 6.47 Å². The number of aliphatic carboxylic acids is 2. The van der Waals surface area contributed by atoms with Gasteiger partial charge in [0.2, 0.25) is 0 Å². The fourth-order valence-electron chi connectivity index (χ4n) is 3.12. The summed E-state index contributed by atoms with van der Waals surface area (Å²) in [6.07, 6.45) is 15.3. The second-order valence-corrected chi connectivity index (χ2v) is 23.2. The number of esters is 5. The molecule has 34 heteroatoms. The van der Waals surface area contributed by atoms with Gasteiger partial charge in [-0.05, 0) is 142 Å². The number of hydrogen-bond donors (Lipinski definition) is 5. The normalized spacial score (nSPS) is 7.89. The molecule has 0 heterocycles. The van der Waals surface area contributed by atoms with Gasteiger partial charge in [0.1, 0.15) is 18.4 Å².